The van der Waals surface area contributed by atoms with Crippen LogP contribution in [0.15, 0.2) is 0 Å². The number of rotatable bonds is 8. The summed E-state index contributed by atoms with van der Waals surface area (Å²) in [6, 6.07) is 0. The maximum absolute atomic E-state index is 13.6. The highest BCUT2D eigenvalue weighted by Crippen LogP contribution is 2.45. The Bertz CT molecular complexity index is 717. The number of ketones is 1. The van der Waals surface area contributed by atoms with Gasteiger partial charge < -0.3 is 33.2 Å². The third-order valence-electron chi connectivity index (χ3n) is 7.69. The van der Waals surface area contributed by atoms with Crippen LogP contribution in [0, 0.1) is 0 Å². The fourth-order valence-corrected chi connectivity index (χ4v) is 5.47. The van der Waals surface area contributed by atoms with Gasteiger partial charge in [-0.15, -0.1) is 0 Å². The fraction of sp³-hybridized carbons (Fsp3) is 0.917. The second kappa shape index (κ2) is 9.87. The number of hydrogen-bond acceptors (Lipinski definition) is 9. The summed E-state index contributed by atoms with van der Waals surface area (Å²) < 4.78 is 42.3. The van der Waals surface area contributed by atoms with Crippen LogP contribution < -0.4 is 0 Å². The molecule has 0 aliphatic carbocycles. The average Bonchev–Trinajstić information content (AvgIpc) is 3.46. The van der Waals surface area contributed by atoms with E-state index in [1.165, 1.54) is 7.11 Å². The van der Waals surface area contributed by atoms with Crippen molar-refractivity contribution in [3.63, 3.8) is 0 Å². The molecule has 0 aromatic heterocycles. The molecule has 0 bridgehead atoms. The van der Waals surface area contributed by atoms with Gasteiger partial charge in [0.2, 0.25) is 0 Å². The lowest BCUT2D eigenvalue weighted by molar-refractivity contribution is -0.240. The van der Waals surface area contributed by atoms with Crippen LogP contribution in [0.25, 0.3) is 0 Å². The molecule has 4 saturated heterocycles. The molecule has 4 fully saturated rings. The van der Waals surface area contributed by atoms with Gasteiger partial charge in [0.25, 0.3) is 0 Å². The molecule has 0 spiro atoms. The number of fused-ring (bicyclic) bond motifs is 3. The summed E-state index contributed by atoms with van der Waals surface area (Å²) in [6.45, 7) is 8.19. The van der Waals surface area contributed by atoms with Crippen LogP contribution in [0.1, 0.15) is 72.6 Å². The summed E-state index contributed by atoms with van der Waals surface area (Å²) in [4.78, 5) is 25.4. The van der Waals surface area contributed by atoms with Crippen molar-refractivity contribution < 1.29 is 42.7 Å². The number of hydrogen-bond donors (Lipinski definition) is 0. The van der Waals surface area contributed by atoms with E-state index >= 15 is 0 Å². The van der Waals surface area contributed by atoms with Gasteiger partial charge in [-0.2, -0.15) is 0 Å². The van der Waals surface area contributed by atoms with Crippen LogP contribution >= 0.6 is 0 Å². The molecule has 4 aliphatic heterocycles. The summed E-state index contributed by atoms with van der Waals surface area (Å²) in [7, 11) is 1.37. The van der Waals surface area contributed by atoms with Crippen LogP contribution in [-0.2, 0) is 42.7 Å². The van der Waals surface area contributed by atoms with Crippen LogP contribution in [-0.4, -0.2) is 79.8 Å². The van der Waals surface area contributed by atoms with E-state index in [1.807, 2.05) is 27.7 Å². The standard InChI is InChI=1S/C24H38O9/c1-6-23(7-2)28-13-16(31-23)18(26)20-22-21(32-24(8-3,9-4)33-22)19-15(30-20)11-10-14(29-19)12-17(25)27-5/h14-16,19-22H,6-13H2,1-5H3/t14-,15+,16-,19+,20+,21+,22-/m1/s1. The van der Waals surface area contributed by atoms with Gasteiger partial charge in [-0.3, -0.25) is 9.59 Å². The normalized spacial score (nSPS) is 39.0. The second-order valence-electron chi connectivity index (χ2n) is 9.40. The molecule has 4 rings (SSSR count). The van der Waals surface area contributed by atoms with Crippen molar-refractivity contribution in [2.45, 2.75) is 127 Å². The van der Waals surface area contributed by atoms with Gasteiger partial charge in [-0.1, -0.05) is 27.7 Å². The fourth-order valence-electron chi connectivity index (χ4n) is 5.47. The molecule has 188 valence electrons. The zero-order chi connectivity index (χ0) is 23.8. The number of Topliss-reactive ketones (excluding diaryl/α,β-unsaturated/α-hetero) is 1. The molecular weight excluding hydrogens is 432 g/mol. The van der Waals surface area contributed by atoms with Crippen molar-refractivity contribution in [2.75, 3.05) is 13.7 Å². The predicted molar refractivity (Wildman–Crippen MR) is 115 cm³/mol. The number of carbonyl (C=O) groups excluding carboxylic acids is 2. The zero-order valence-electron chi connectivity index (χ0n) is 20.4. The highest BCUT2D eigenvalue weighted by atomic mass is 16.8. The largest absolute Gasteiger partial charge is 0.469 e. The smallest absolute Gasteiger partial charge is 0.308 e. The quantitative estimate of drug-likeness (QED) is 0.496. The molecule has 0 saturated carbocycles. The first-order valence-corrected chi connectivity index (χ1v) is 12.4. The lowest BCUT2D eigenvalue weighted by Crippen LogP contribution is -2.62. The maximum atomic E-state index is 13.6. The van der Waals surface area contributed by atoms with E-state index in [0.717, 1.165) is 0 Å². The topological polar surface area (TPSA) is 98.8 Å². The third kappa shape index (κ3) is 4.60. The molecule has 0 unspecified atom stereocenters. The molecule has 4 aliphatic rings. The Labute approximate surface area is 195 Å². The van der Waals surface area contributed by atoms with Crippen molar-refractivity contribution >= 4 is 11.8 Å². The SMILES string of the molecule is CCC1(CC)O[C@H]2[C@H]3O[C@@H](CC(=O)OC)CC[C@@H]3O[C@@H](C(=O)[C@H]3COC(CC)(CC)O3)[C@H]2O1. The highest BCUT2D eigenvalue weighted by molar-refractivity contribution is 5.88. The average molecular weight is 471 g/mol. The van der Waals surface area contributed by atoms with Crippen LogP contribution in [0.4, 0.5) is 0 Å². The minimum atomic E-state index is -0.824. The highest BCUT2D eigenvalue weighted by Gasteiger charge is 2.61. The molecule has 7 atom stereocenters. The molecule has 0 N–H and O–H groups in total. The molecule has 4 heterocycles. The Balaban J connectivity index is 1.55. The summed E-state index contributed by atoms with van der Waals surface area (Å²) in [5, 5.41) is 0. The van der Waals surface area contributed by atoms with Crippen molar-refractivity contribution in [3.05, 3.63) is 0 Å². The van der Waals surface area contributed by atoms with E-state index in [1.54, 1.807) is 0 Å². The van der Waals surface area contributed by atoms with E-state index in [-0.39, 0.29) is 37.0 Å². The maximum Gasteiger partial charge on any atom is 0.308 e. The van der Waals surface area contributed by atoms with Gasteiger partial charge in [0, 0.05) is 0 Å². The Morgan fingerprint density at radius 1 is 0.848 bits per heavy atom. The van der Waals surface area contributed by atoms with Crippen molar-refractivity contribution in [2.24, 2.45) is 0 Å². The molecule has 0 radical (unpaired) electrons. The predicted octanol–water partition coefficient (Wildman–Crippen LogP) is 2.67. The molecule has 0 aromatic carbocycles. The number of esters is 1. The van der Waals surface area contributed by atoms with Crippen LogP contribution in [0.2, 0.25) is 0 Å². The number of carbonyl (C=O) groups is 2. The summed E-state index contributed by atoms with van der Waals surface area (Å²) >= 11 is 0. The lowest BCUT2D eigenvalue weighted by Gasteiger charge is -2.46. The van der Waals surface area contributed by atoms with Crippen molar-refractivity contribution in [1.29, 1.82) is 0 Å². The minimum absolute atomic E-state index is 0.171. The number of ether oxygens (including phenoxy) is 7. The van der Waals surface area contributed by atoms with Gasteiger partial charge in [-0.25, -0.2) is 0 Å². The van der Waals surface area contributed by atoms with Gasteiger partial charge in [0.1, 0.15) is 30.5 Å². The van der Waals surface area contributed by atoms with Gasteiger partial charge in [0.15, 0.2) is 17.4 Å². The molecule has 33 heavy (non-hydrogen) atoms. The van der Waals surface area contributed by atoms with Gasteiger partial charge in [0.05, 0.1) is 32.3 Å². The summed E-state index contributed by atoms with van der Waals surface area (Å²) in [6.07, 6.45) is 0.439. The Morgan fingerprint density at radius 2 is 1.52 bits per heavy atom. The first-order valence-electron chi connectivity index (χ1n) is 12.4. The van der Waals surface area contributed by atoms with E-state index in [0.29, 0.717) is 38.5 Å². The Kier molecular flexibility index (Phi) is 7.48. The Hall–Kier alpha value is -1.10. The van der Waals surface area contributed by atoms with Gasteiger partial charge in [-0.05, 0) is 38.5 Å². The van der Waals surface area contributed by atoms with Crippen LogP contribution in [0.3, 0.4) is 0 Å². The zero-order valence-corrected chi connectivity index (χ0v) is 20.4. The van der Waals surface area contributed by atoms with E-state index in [2.05, 4.69) is 0 Å². The molecular formula is C24H38O9. The molecule has 0 aromatic rings. The number of methoxy groups -OCH3 is 1. The second-order valence-corrected chi connectivity index (χ2v) is 9.40. The molecule has 9 heteroatoms. The Morgan fingerprint density at radius 3 is 2.12 bits per heavy atom. The van der Waals surface area contributed by atoms with Gasteiger partial charge >= 0.3 is 5.97 Å². The van der Waals surface area contributed by atoms with E-state index < -0.39 is 42.1 Å². The monoisotopic (exact) mass is 470 g/mol. The van der Waals surface area contributed by atoms with Crippen LogP contribution in [0.5, 0.6) is 0 Å². The molecule has 9 nitrogen and oxygen atoms in total. The van der Waals surface area contributed by atoms with Crippen molar-refractivity contribution in [3.8, 4) is 0 Å². The first kappa shape index (κ1) is 25.0. The van der Waals surface area contributed by atoms with E-state index in [9.17, 15) is 9.59 Å². The minimum Gasteiger partial charge on any atom is -0.469 e. The lowest BCUT2D eigenvalue weighted by atomic mass is 9.87. The summed E-state index contributed by atoms with van der Waals surface area (Å²) in [5.41, 5.74) is 0. The first-order chi connectivity index (χ1) is 15.8. The summed E-state index contributed by atoms with van der Waals surface area (Å²) in [5.74, 6) is -2.01. The van der Waals surface area contributed by atoms with Crippen molar-refractivity contribution in [1.82, 2.24) is 0 Å². The molecule has 0 amide bonds. The van der Waals surface area contributed by atoms with E-state index in [4.69, 9.17) is 33.2 Å². The third-order valence-corrected chi connectivity index (χ3v) is 7.69.